The summed E-state index contributed by atoms with van der Waals surface area (Å²) >= 11 is 0. The van der Waals surface area contributed by atoms with Gasteiger partial charge in [-0.2, -0.15) is 0 Å². The quantitative estimate of drug-likeness (QED) is 0.162. The van der Waals surface area contributed by atoms with Crippen molar-refractivity contribution in [1.82, 2.24) is 0 Å². The van der Waals surface area contributed by atoms with E-state index >= 15 is 0 Å². The summed E-state index contributed by atoms with van der Waals surface area (Å²) in [4.78, 5) is 0. The number of methoxy groups -OCH3 is 2. The Kier molecular flexibility index (Phi) is 17.1. The van der Waals surface area contributed by atoms with Crippen LogP contribution in [0.25, 0.3) is 22.3 Å². The number of pyridine rings is 4. The highest BCUT2D eigenvalue weighted by Crippen LogP contribution is 2.58. The minimum atomic E-state index is 0.316. The Morgan fingerprint density at radius 1 is 0.322 bits per heavy atom. The molecule has 0 N–H and O–H groups in total. The molecule has 4 unspecified atom stereocenters. The molecule has 5 aromatic carbocycles. The lowest BCUT2D eigenvalue weighted by atomic mass is 9.64. The Balaban J connectivity index is 0.820. The van der Waals surface area contributed by atoms with Crippen molar-refractivity contribution in [2.75, 3.05) is 27.4 Å². The van der Waals surface area contributed by atoms with Crippen LogP contribution in [0.4, 0.5) is 0 Å². The van der Waals surface area contributed by atoms with Crippen molar-refractivity contribution in [1.29, 1.82) is 0 Å². The van der Waals surface area contributed by atoms with Gasteiger partial charge in [0, 0.05) is 85.3 Å². The monoisotopic (exact) mass is 1190 g/mol. The van der Waals surface area contributed by atoms with Crippen LogP contribution < -0.4 is 37.2 Å². The third kappa shape index (κ3) is 12.4. The summed E-state index contributed by atoms with van der Waals surface area (Å²) in [6.45, 7) is 4.86. The van der Waals surface area contributed by atoms with Crippen LogP contribution in [0.1, 0.15) is 191 Å². The standard InChI is InChI=1S/C82H90N4O4/c1-87-79-67-45-59-13-5-3-7-16-62-48-70-54-68-46-60-14-6-4-8-15-61-47-69(53-67)81(78(52-61)74-24-22-72(74)76(50-60)80(68)88-2)89-43-11-9-33-83-35-25-63(26-36-83)65-29-39-85(40-30-65)55-57-17-19-58(20-18-57)56-86-41-31-66(32-42-86)64-27-37-84(38-28-64)34-10-12-44-90-82(70)77(51-62)73-23-21-71(73)75(79)49-59/h17-20,25-32,35-42,45-52,71-74H,3-16,21-24,33-34,43-44,53-56H2,1-2H3/q+4. The molecule has 0 spiro atoms. The number of aromatic nitrogens is 4. The number of rotatable bonds is 2. The average Bonchev–Trinajstić information content (AvgIpc) is 2.88. The second kappa shape index (κ2) is 26.4. The summed E-state index contributed by atoms with van der Waals surface area (Å²) in [5.74, 6) is 5.66. The van der Waals surface area contributed by atoms with Crippen LogP contribution >= 0.6 is 0 Å². The first-order chi connectivity index (χ1) is 44.4. The molecule has 8 heteroatoms. The lowest BCUT2D eigenvalue weighted by Crippen LogP contribution is -2.34. The maximum absolute atomic E-state index is 7.42. The molecule has 8 nitrogen and oxygen atoms in total. The van der Waals surface area contributed by atoms with Crippen molar-refractivity contribution in [3.8, 4) is 45.3 Å². The van der Waals surface area contributed by atoms with Crippen molar-refractivity contribution in [3.05, 3.63) is 249 Å². The van der Waals surface area contributed by atoms with Gasteiger partial charge in [0.1, 0.15) is 36.1 Å². The molecule has 16 aliphatic rings. The minimum absolute atomic E-state index is 0.316. The normalized spacial score (nSPS) is 20.0. The fourth-order valence-electron chi connectivity index (χ4n) is 16.2. The summed E-state index contributed by atoms with van der Waals surface area (Å²) in [7, 11) is 3.87. The van der Waals surface area contributed by atoms with Crippen molar-refractivity contribution >= 4 is 0 Å². The van der Waals surface area contributed by atoms with Gasteiger partial charge in [0.2, 0.25) is 0 Å². The smallest absolute Gasteiger partial charge is 0.173 e. The maximum Gasteiger partial charge on any atom is 0.173 e. The van der Waals surface area contributed by atoms with Crippen LogP contribution in [-0.4, -0.2) is 27.4 Å². The van der Waals surface area contributed by atoms with E-state index in [2.05, 4.69) is 189 Å². The molecular formula is C82H90N4O4+4. The molecule has 458 valence electrons. The molecule has 4 aromatic heterocycles. The van der Waals surface area contributed by atoms with Gasteiger partial charge >= 0.3 is 0 Å². The molecule has 15 heterocycles. The third-order valence-corrected chi connectivity index (χ3v) is 21.3. The van der Waals surface area contributed by atoms with Crippen molar-refractivity contribution in [2.45, 2.75) is 178 Å². The van der Waals surface area contributed by atoms with Gasteiger partial charge < -0.3 is 18.9 Å². The van der Waals surface area contributed by atoms with Crippen LogP contribution in [0.2, 0.25) is 0 Å². The molecule has 24 bridgehead atoms. The molecule has 2 saturated carbocycles. The largest absolute Gasteiger partial charge is 0.496 e. The highest BCUT2D eigenvalue weighted by molar-refractivity contribution is 5.63. The average molecular weight is 1200 g/mol. The van der Waals surface area contributed by atoms with Gasteiger partial charge in [-0.05, 0) is 203 Å². The number of ether oxygens (including phenoxy) is 4. The van der Waals surface area contributed by atoms with Gasteiger partial charge in [-0.15, -0.1) is 0 Å². The van der Waals surface area contributed by atoms with Gasteiger partial charge in [-0.3, -0.25) is 0 Å². The Morgan fingerprint density at radius 2 is 0.644 bits per heavy atom. The molecule has 0 radical (unpaired) electrons. The van der Waals surface area contributed by atoms with Crippen molar-refractivity contribution < 1.29 is 37.2 Å². The van der Waals surface area contributed by atoms with E-state index in [4.69, 9.17) is 18.9 Å². The van der Waals surface area contributed by atoms with Gasteiger partial charge in [-0.25, -0.2) is 18.3 Å². The highest BCUT2D eigenvalue weighted by atomic mass is 16.5. The molecule has 25 rings (SSSR count). The van der Waals surface area contributed by atoms with Crippen LogP contribution in [0.15, 0.2) is 171 Å². The van der Waals surface area contributed by atoms with E-state index < -0.39 is 0 Å². The Bertz CT molecular complexity index is 3750. The van der Waals surface area contributed by atoms with Gasteiger partial charge in [0.25, 0.3) is 0 Å². The fourth-order valence-corrected chi connectivity index (χ4v) is 16.2. The Hall–Kier alpha value is -8.10. The summed E-state index contributed by atoms with van der Waals surface area (Å²) in [6, 6.07) is 47.6. The number of nitrogens with zero attached hydrogens (tertiary/aromatic N) is 4. The number of benzene rings is 5. The maximum atomic E-state index is 7.42. The Morgan fingerprint density at radius 3 is 0.989 bits per heavy atom. The topological polar surface area (TPSA) is 52.4 Å². The fraction of sp³-hybridized carbons (Fsp3) is 0.390. The molecule has 11 aliphatic heterocycles. The van der Waals surface area contributed by atoms with Crippen LogP contribution in [0.3, 0.4) is 0 Å². The number of hydrogen-bond donors (Lipinski definition) is 0. The molecule has 2 fully saturated rings. The predicted molar refractivity (Wildman–Crippen MR) is 355 cm³/mol. The van der Waals surface area contributed by atoms with E-state index in [1.807, 2.05) is 14.2 Å². The van der Waals surface area contributed by atoms with E-state index in [-0.39, 0.29) is 0 Å². The van der Waals surface area contributed by atoms with E-state index in [9.17, 15) is 0 Å². The number of aryl methyl sites for hydroxylation is 6. The molecule has 9 aromatic rings. The zero-order chi connectivity index (χ0) is 60.3. The SMILES string of the molecule is COc1c2cc3cc1C1CCC1c1cc(cc4c1OCCCC[n+]1ccc(cc1)-c1cc[n+](cc1)Cc1ccc(cc1)C[n+]1ccc(cc1)-c1cc[n+](cc1)CCCCOc1c(cc5cc1C1CCC1c1cc(cc(c1OC)C4)CCCCC5)C2)CCCCC3. The van der Waals surface area contributed by atoms with Crippen LogP contribution in [0, 0.1) is 0 Å². The van der Waals surface area contributed by atoms with E-state index in [1.54, 1.807) is 0 Å². The number of hydrogen-bond acceptors (Lipinski definition) is 4. The van der Waals surface area contributed by atoms with E-state index in [0.717, 1.165) is 139 Å². The van der Waals surface area contributed by atoms with Crippen LogP contribution in [-0.2, 0) is 64.7 Å². The molecule has 5 aliphatic carbocycles. The van der Waals surface area contributed by atoms with E-state index in [1.165, 1.54) is 139 Å². The summed E-state index contributed by atoms with van der Waals surface area (Å²) in [6.07, 6.45) is 39.2. The van der Waals surface area contributed by atoms with Crippen LogP contribution in [0.5, 0.6) is 23.0 Å². The first kappa shape index (κ1) is 58.3. The van der Waals surface area contributed by atoms with E-state index in [0.29, 0.717) is 36.9 Å². The molecule has 90 heavy (non-hydrogen) atoms. The minimum Gasteiger partial charge on any atom is -0.496 e. The summed E-state index contributed by atoms with van der Waals surface area (Å²) in [5.41, 5.74) is 24.1. The van der Waals surface area contributed by atoms with Gasteiger partial charge in [-0.1, -0.05) is 85.6 Å². The molecule has 0 amide bonds. The van der Waals surface area contributed by atoms with Crippen molar-refractivity contribution in [3.63, 3.8) is 0 Å². The zero-order valence-electron chi connectivity index (χ0n) is 53.3. The Labute approximate surface area is 534 Å². The first-order valence-electron chi connectivity index (χ1n) is 34.4. The molecule has 0 saturated heterocycles. The predicted octanol–water partition coefficient (Wildman–Crippen LogP) is 15.7. The second-order valence-electron chi connectivity index (χ2n) is 27.3. The second-order valence-corrected chi connectivity index (χ2v) is 27.3. The third-order valence-electron chi connectivity index (χ3n) is 21.3. The number of fused-ring (bicyclic) bond motifs is 5. The van der Waals surface area contributed by atoms with Crippen molar-refractivity contribution in [2.24, 2.45) is 0 Å². The lowest BCUT2D eigenvalue weighted by Gasteiger charge is -2.41. The van der Waals surface area contributed by atoms with Gasteiger partial charge in [0.05, 0.1) is 27.4 Å². The lowest BCUT2D eigenvalue weighted by molar-refractivity contribution is -0.697. The first-order valence-corrected chi connectivity index (χ1v) is 34.4. The zero-order valence-corrected chi connectivity index (χ0v) is 53.3. The molecule has 4 atom stereocenters. The summed E-state index contributed by atoms with van der Waals surface area (Å²) in [5, 5.41) is 0. The summed E-state index contributed by atoms with van der Waals surface area (Å²) < 4.78 is 37.7. The van der Waals surface area contributed by atoms with Gasteiger partial charge in [0.15, 0.2) is 62.7 Å². The highest BCUT2D eigenvalue weighted by Gasteiger charge is 2.41. The molecular weight excluding hydrogens is 1100 g/mol.